The van der Waals surface area contributed by atoms with E-state index in [4.69, 9.17) is 0 Å². The Morgan fingerprint density at radius 1 is 1.04 bits per heavy atom. The van der Waals surface area contributed by atoms with Gasteiger partial charge in [0.25, 0.3) is 0 Å². The maximum absolute atomic E-state index is 14.7. The van der Waals surface area contributed by atoms with Crippen molar-refractivity contribution in [2.24, 2.45) is 0 Å². The highest BCUT2D eigenvalue weighted by atomic mass is 32.1. The van der Waals surface area contributed by atoms with Crippen molar-refractivity contribution in [2.45, 2.75) is 5.92 Å². The Morgan fingerprint density at radius 2 is 1.80 bits per heavy atom. The van der Waals surface area contributed by atoms with Crippen LogP contribution in [0.25, 0.3) is 11.6 Å². The quantitative estimate of drug-likeness (QED) is 0.695. The molecule has 0 fully saturated rings. The Balaban J connectivity index is 1.96. The molecular weight excluding hydrogens is 337 g/mol. The third-order valence-electron chi connectivity index (χ3n) is 4.41. The first-order valence-electron chi connectivity index (χ1n) is 7.60. The zero-order chi connectivity index (χ0) is 17.6. The van der Waals surface area contributed by atoms with Crippen molar-refractivity contribution >= 4 is 23.0 Å². The lowest BCUT2D eigenvalue weighted by Crippen LogP contribution is -2.04. The summed E-state index contributed by atoms with van der Waals surface area (Å²) in [5.74, 6) is -1.40. The molecule has 0 bridgehead atoms. The van der Waals surface area contributed by atoms with Gasteiger partial charge in [-0.1, -0.05) is 18.2 Å². The maximum Gasteiger partial charge on any atom is 0.169 e. The van der Waals surface area contributed by atoms with Crippen molar-refractivity contribution in [3.05, 3.63) is 80.8 Å². The Morgan fingerprint density at radius 3 is 2.52 bits per heavy atom. The van der Waals surface area contributed by atoms with Gasteiger partial charge in [-0.15, -0.1) is 11.3 Å². The second-order valence-corrected chi connectivity index (χ2v) is 6.71. The van der Waals surface area contributed by atoms with E-state index in [9.17, 15) is 19.9 Å². The Hall–Kier alpha value is -3.10. The molecule has 5 heteroatoms. The predicted molar refractivity (Wildman–Crippen MR) is 94.9 cm³/mol. The van der Waals surface area contributed by atoms with Gasteiger partial charge < -0.3 is 10.2 Å². The van der Waals surface area contributed by atoms with Crippen molar-refractivity contribution in [2.75, 3.05) is 0 Å². The molecule has 2 aromatic carbocycles. The zero-order valence-corrected chi connectivity index (χ0v) is 13.7. The van der Waals surface area contributed by atoms with Gasteiger partial charge in [-0.05, 0) is 58.0 Å². The van der Waals surface area contributed by atoms with Crippen LogP contribution in [-0.4, -0.2) is 10.2 Å². The van der Waals surface area contributed by atoms with Crippen LogP contribution in [-0.2, 0) is 0 Å². The smallest absolute Gasteiger partial charge is 0.169 e. The predicted octanol–water partition coefficient (Wildman–Crippen LogP) is 4.86. The number of benzene rings is 2. The van der Waals surface area contributed by atoms with Crippen LogP contribution >= 0.6 is 11.3 Å². The molecule has 2 N–H and O–H groups in total. The summed E-state index contributed by atoms with van der Waals surface area (Å²) in [6.07, 6.45) is 1.87. The fourth-order valence-electron chi connectivity index (χ4n) is 3.29. The summed E-state index contributed by atoms with van der Waals surface area (Å²) >= 11 is 1.31. The van der Waals surface area contributed by atoms with Crippen molar-refractivity contribution in [1.29, 1.82) is 5.26 Å². The minimum absolute atomic E-state index is 0.147. The number of nitrogens with zero attached hydrogens (tertiary/aromatic N) is 1. The largest absolute Gasteiger partial charge is 0.508 e. The molecule has 4 rings (SSSR count). The molecule has 3 aromatic rings. The molecule has 1 unspecified atom stereocenters. The number of nitriles is 1. The van der Waals surface area contributed by atoms with E-state index in [0.29, 0.717) is 16.0 Å². The molecule has 0 radical (unpaired) electrons. The lowest BCUT2D eigenvalue weighted by molar-refractivity contribution is 0.428. The van der Waals surface area contributed by atoms with E-state index in [1.165, 1.54) is 17.4 Å². The van der Waals surface area contributed by atoms with Gasteiger partial charge in [0.05, 0.1) is 0 Å². The number of hydrogen-bond acceptors (Lipinski definition) is 4. The number of allylic oxidation sites excluding steroid dienone is 1. The van der Waals surface area contributed by atoms with Crippen molar-refractivity contribution < 1.29 is 14.6 Å². The van der Waals surface area contributed by atoms with Crippen LogP contribution in [0.5, 0.6) is 11.5 Å². The standard InChI is InChI=1S/C20H12FNO2S/c21-20-16(24)6-3-12-9-15(11-1-4-13(23)5-2-11)19(18(12)20)14-7-8-25-17(14)10-22/h1-9,19,23-24H. The van der Waals surface area contributed by atoms with Crippen LogP contribution in [0, 0.1) is 17.1 Å². The lowest BCUT2D eigenvalue weighted by atomic mass is 9.85. The van der Waals surface area contributed by atoms with E-state index < -0.39 is 17.5 Å². The van der Waals surface area contributed by atoms with Gasteiger partial charge in [0.1, 0.15) is 16.7 Å². The molecule has 1 atom stereocenters. The van der Waals surface area contributed by atoms with Gasteiger partial charge in [-0.3, -0.25) is 0 Å². The fraction of sp³-hybridized carbons (Fsp3) is 0.0500. The van der Waals surface area contributed by atoms with Crippen LogP contribution in [0.15, 0.2) is 47.8 Å². The first kappa shape index (κ1) is 15.4. The normalized spacial score (nSPS) is 15.5. The summed E-state index contributed by atoms with van der Waals surface area (Å²) in [4.78, 5) is 0.519. The van der Waals surface area contributed by atoms with Crippen LogP contribution in [0.4, 0.5) is 4.39 Å². The minimum Gasteiger partial charge on any atom is -0.508 e. The number of thiophene rings is 1. The van der Waals surface area contributed by atoms with Gasteiger partial charge in [0.15, 0.2) is 11.6 Å². The van der Waals surface area contributed by atoms with Crippen LogP contribution in [0.1, 0.15) is 33.0 Å². The van der Waals surface area contributed by atoms with Crippen LogP contribution < -0.4 is 0 Å². The highest BCUT2D eigenvalue weighted by molar-refractivity contribution is 7.10. The molecule has 25 heavy (non-hydrogen) atoms. The topological polar surface area (TPSA) is 64.2 Å². The zero-order valence-electron chi connectivity index (χ0n) is 12.9. The first-order valence-corrected chi connectivity index (χ1v) is 8.48. The van der Waals surface area contributed by atoms with E-state index in [-0.39, 0.29) is 5.75 Å². The molecule has 0 saturated heterocycles. The summed E-state index contributed by atoms with van der Waals surface area (Å²) in [5, 5.41) is 30.6. The Kier molecular flexibility index (Phi) is 3.56. The molecule has 3 nitrogen and oxygen atoms in total. The van der Waals surface area contributed by atoms with E-state index in [2.05, 4.69) is 6.07 Å². The molecule has 0 aliphatic heterocycles. The SMILES string of the molecule is N#Cc1sccc1C1C(c2ccc(O)cc2)=Cc2ccc(O)c(F)c21. The number of fused-ring (bicyclic) bond motifs is 1. The van der Waals surface area contributed by atoms with E-state index in [0.717, 1.165) is 16.7 Å². The molecule has 0 saturated carbocycles. The molecule has 1 aromatic heterocycles. The third kappa shape index (κ3) is 2.39. The molecular formula is C20H12FNO2S. The second kappa shape index (κ2) is 5.76. The molecule has 0 amide bonds. The lowest BCUT2D eigenvalue weighted by Gasteiger charge is -2.18. The monoisotopic (exact) mass is 349 g/mol. The van der Waals surface area contributed by atoms with E-state index in [1.807, 2.05) is 12.1 Å². The maximum atomic E-state index is 14.7. The summed E-state index contributed by atoms with van der Waals surface area (Å²) in [5.41, 5.74) is 3.42. The number of rotatable bonds is 2. The van der Waals surface area contributed by atoms with Crippen molar-refractivity contribution in [1.82, 2.24) is 0 Å². The van der Waals surface area contributed by atoms with Crippen molar-refractivity contribution in [3.63, 3.8) is 0 Å². The van der Waals surface area contributed by atoms with Gasteiger partial charge in [0, 0.05) is 11.5 Å². The Bertz CT molecular complexity index is 1040. The minimum atomic E-state index is -0.664. The highest BCUT2D eigenvalue weighted by Crippen LogP contribution is 2.49. The van der Waals surface area contributed by atoms with Gasteiger partial charge in [0.2, 0.25) is 0 Å². The number of halogens is 1. The average molecular weight is 349 g/mol. The second-order valence-electron chi connectivity index (χ2n) is 5.80. The number of aromatic hydroxyl groups is 2. The summed E-state index contributed by atoms with van der Waals surface area (Å²) in [7, 11) is 0. The van der Waals surface area contributed by atoms with E-state index >= 15 is 0 Å². The fourth-order valence-corrected chi connectivity index (χ4v) is 4.01. The molecule has 1 aliphatic rings. The van der Waals surface area contributed by atoms with Crippen LogP contribution in [0.3, 0.4) is 0 Å². The summed E-state index contributed by atoms with van der Waals surface area (Å²) in [6, 6.07) is 13.7. The number of phenolic OH excluding ortho intramolecular Hbond substituents is 2. The first-order chi connectivity index (χ1) is 12.1. The van der Waals surface area contributed by atoms with Gasteiger partial charge >= 0.3 is 0 Å². The average Bonchev–Trinajstić information content (AvgIpc) is 3.22. The number of hydrogen-bond donors (Lipinski definition) is 2. The van der Waals surface area contributed by atoms with Crippen LogP contribution in [0.2, 0.25) is 0 Å². The molecule has 1 aliphatic carbocycles. The van der Waals surface area contributed by atoms with Gasteiger partial charge in [-0.25, -0.2) is 4.39 Å². The Labute approximate surface area is 147 Å². The highest BCUT2D eigenvalue weighted by Gasteiger charge is 2.33. The third-order valence-corrected chi connectivity index (χ3v) is 5.25. The molecule has 122 valence electrons. The molecule has 1 heterocycles. The molecule has 0 spiro atoms. The van der Waals surface area contributed by atoms with E-state index in [1.54, 1.807) is 35.7 Å². The van der Waals surface area contributed by atoms with Crippen molar-refractivity contribution in [3.8, 4) is 17.6 Å². The summed E-state index contributed by atoms with van der Waals surface area (Å²) in [6.45, 7) is 0. The van der Waals surface area contributed by atoms with Gasteiger partial charge in [-0.2, -0.15) is 5.26 Å². The number of phenols is 2. The summed E-state index contributed by atoms with van der Waals surface area (Å²) < 4.78 is 14.7.